The number of nitrogens with zero attached hydrogens (tertiary/aromatic N) is 1. The van der Waals surface area contributed by atoms with Crippen molar-refractivity contribution >= 4 is 11.6 Å². The Bertz CT molecular complexity index is 985. The third kappa shape index (κ3) is 4.61. The maximum absolute atomic E-state index is 14.5. The fourth-order valence-electron chi connectivity index (χ4n) is 3.16. The summed E-state index contributed by atoms with van der Waals surface area (Å²) in [5.41, 5.74) is -6.77. The second-order valence-electron chi connectivity index (χ2n) is 7.19. The topological polar surface area (TPSA) is 58.5 Å². The summed E-state index contributed by atoms with van der Waals surface area (Å²) in [6.07, 6.45) is -12.5. The number of hydrogen-bond acceptors (Lipinski definition) is 3. The number of anilines is 1. The fraction of sp³-hybridized carbons (Fsp3) is 0.381. The summed E-state index contributed by atoms with van der Waals surface area (Å²) in [6.45, 7) is 4.16. The Morgan fingerprint density at radius 2 is 1.53 bits per heavy atom. The zero-order valence-corrected chi connectivity index (χ0v) is 17.2. The number of carbonyl (C=O) groups is 1. The van der Waals surface area contributed by atoms with E-state index in [0.717, 1.165) is 0 Å². The Labute approximate surface area is 178 Å². The van der Waals surface area contributed by atoms with Crippen molar-refractivity contribution in [3.05, 3.63) is 69.1 Å². The predicted octanol–water partition coefficient (Wildman–Crippen LogP) is 6.93. The van der Waals surface area contributed by atoms with Gasteiger partial charge in [0.1, 0.15) is 6.04 Å². The van der Waals surface area contributed by atoms with E-state index >= 15 is 0 Å². The number of nitroso groups, excluding NO2 is 1. The highest BCUT2D eigenvalue weighted by atomic mass is 19.4. The molecule has 174 valence electrons. The monoisotopic (exact) mass is 464 g/mol. The van der Waals surface area contributed by atoms with Gasteiger partial charge >= 0.3 is 18.0 Å². The molecule has 0 radical (unpaired) electrons. The maximum atomic E-state index is 14.5. The van der Waals surface area contributed by atoms with Crippen LogP contribution < -0.4 is 5.32 Å². The molecule has 0 heterocycles. The first kappa shape index (κ1) is 25.3. The van der Waals surface area contributed by atoms with Gasteiger partial charge in [-0.2, -0.15) is 31.2 Å². The Morgan fingerprint density at radius 1 is 1.00 bits per heavy atom. The van der Waals surface area contributed by atoms with Crippen molar-refractivity contribution in [2.45, 2.75) is 51.3 Å². The quantitative estimate of drug-likeness (QED) is 0.372. The van der Waals surface area contributed by atoms with Gasteiger partial charge in [0.25, 0.3) is 5.91 Å². The minimum absolute atomic E-state index is 0.0139. The van der Waals surface area contributed by atoms with E-state index < -0.39 is 35.5 Å². The molecule has 0 aliphatic heterocycles. The smallest absolute Gasteiger partial charge is 0.321 e. The van der Waals surface area contributed by atoms with Crippen LogP contribution in [-0.4, -0.2) is 18.3 Å². The number of benzene rings is 2. The highest BCUT2D eigenvalue weighted by Crippen LogP contribution is 2.53. The lowest BCUT2D eigenvalue weighted by molar-refractivity contribution is -0.348. The van der Waals surface area contributed by atoms with E-state index in [2.05, 4.69) is 10.5 Å². The second kappa shape index (κ2) is 8.87. The Hall–Kier alpha value is -2.98. The van der Waals surface area contributed by atoms with Gasteiger partial charge in [0, 0.05) is 16.8 Å². The van der Waals surface area contributed by atoms with Crippen molar-refractivity contribution in [1.82, 2.24) is 0 Å². The van der Waals surface area contributed by atoms with Gasteiger partial charge in [0.05, 0.1) is 0 Å². The summed E-state index contributed by atoms with van der Waals surface area (Å²) < 4.78 is 93.1. The van der Waals surface area contributed by atoms with Crippen molar-refractivity contribution in [1.29, 1.82) is 0 Å². The number of carbonyl (C=O) groups excluding carboxylic acids is 1. The van der Waals surface area contributed by atoms with Crippen LogP contribution in [0.15, 0.2) is 41.6 Å². The zero-order chi connectivity index (χ0) is 24.5. The number of alkyl halides is 7. The predicted molar refractivity (Wildman–Crippen MR) is 104 cm³/mol. The molecule has 2 aromatic carbocycles. The van der Waals surface area contributed by atoms with E-state index in [0.29, 0.717) is 17.7 Å². The lowest BCUT2D eigenvalue weighted by Crippen LogP contribution is -2.50. The van der Waals surface area contributed by atoms with E-state index in [1.807, 2.05) is 0 Å². The lowest BCUT2D eigenvalue weighted by Gasteiger charge is -2.31. The molecule has 0 saturated carbocycles. The first-order valence-corrected chi connectivity index (χ1v) is 9.37. The standard InChI is InChI=1S/C21H19F7N2O2/c1-4-13-10-16(19(22,20(23,24)25)21(26,27)28)9-11(2)17(13)29-18(31)15-7-5-14(6-8-15)12(3)30-32/h5-10,12H,4H2,1-3H3,(H,29,31). The summed E-state index contributed by atoms with van der Waals surface area (Å²) in [7, 11) is 0. The minimum atomic E-state index is -6.23. The summed E-state index contributed by atoms with van der Waals surface area (Å²) in [5, 5.41) is 5.31. The summed E-state index contributed by atoms with van der Waals surface area (Å²) in [4.78, 5) is 23.2. The molecule has 0 saturated heterocycles. The van der Waals surface area contributed by atoms with Crippen molar-refractivity contribution in [3.8, 4) is 0 Å². The van der Waals surface area contributed by atoms with Crippen LogP contribution in [0.25, 0.3) is 0 Å². The Morgan fingerprint density at radius 3 is 1.97 bits per heavy atom. The normalized spacial score (nSPS) is 13.6. The number of hydrogen-bond donors (Lipinski definition) is 1. The van der Waals surface area contributed by atoms with E-state index in [1.54, 1.807) is 6.92 Å². The zero-order valence-electron chi connectivity index (χ0n) is 17.2. The molecule has 1 N–H and O–H groups in total. The largest absolute Gasteiger partial charge is 0.435 e. The maximum Gasteiger partial charge on any atom is 0.435 e. The van der Waals surface area contributed by atoms with Crippen LogP contribution in [0.5, 0.6) is 0 Å². The van der Waals surface area contributed by atoms with Gasteiger partial charge in [-0.15, -0.1) is 0 Å². The van der Waals surface area contributed by atoms with Crippen LogP contribution in [0.2, 0.25) is 0 Å². The molecule has 0 fully saturated rings. The molecular weight excluding hydrogens is 445 g/mol. The van der Waals surface area contributed by atoms with E-state index in [4.69, 9.17) is 0 Å². The van der Waals surface area contributed by atoms with Gasteiger partial charge in [0.2, 0.25) is 0 Å². The highest BCUT2D eigenvalue weighted by Gasteiger charge is 2.73. The lowest BCUT2D eigenvalue weighted by atomic mass is 9.89. The molecule has 1 atom stereocenters. The van der Waals surface area contributed by atoms with Gasteiger partial charge < -0.3 is 5.32 Å². The molecule has 0 spiro atoms. The van der Waals surface area contributed by atoms with Crippen LogP contribution in [0.4, 0.5) is 36.4 Å². The first-order valence-electron chi connectivity index (χ1n) is 9.37. The van der Waals surface area contributed by atoms with Crippen molar-refractivity contribution in [2.24, 2.45) is 5.18 Å². The molecule has 32 heavy (non-hydrogen) atoms. The molecule has 11 heteroatoms. The number of halogens is 7. The van der Waals surface area contributed by atoms with Crippen LogP contribution in [0, 0.1) is 11.8 Å². The second-order valence-corrected chi connectivity index (χ2v) is 7.19. The van der Waals surface area contributed by atoms with Crippen molar-refractivity contribution in [3.63, 3.8) is 0 Å². The van der Waals surface area contributed by atoms with E-state index in [1.165, 1.54) is 38.1 Å². The molecule has 1 amide bonds. The van der Waals surface area contributed by atoms with Crippen molar-refractivity contribution in [2.75, 3.05) is 5.32 Å². The molecule has 2 rings (SSSR count). The first-order chi connectivity index (χ1) is 14.7. The van der Waals surface area contributed by atoms with Crippen LogP contribution in [0.1, 0.15) is 52.5 Å². The van der Waals surface area contributed by atoms with Gasteiger partial charge in [0.15, 0.2) is 0 Å². The van der Waals surface area contributed by atoms with Crippen LogP contribution in [0.3, 0.4) is 0 Å². The average molecular weight is 464 g/mol. The molecule has 4 nitrogen and oxygen atoms in total. The molecule has 2 aromatic rings. The van der Waals surface area contributed by atoms with Gasteiger partial charge in [-0.25, -0.2) is 4.39 Å². The van der Waals surface area contributed by atoms with E-state index in [9.17, 15) is 40.4 Å². The number of amides is 1. The molecule has 0 aromatic heterocycles. The summed E-state index contributed by atoms with van der Waals surface area (Å²) in [6, 6.07) is 6.00. The third-order valence-corrected chi connectivity index (χ3v) is 5.03. The molecular formula is C21H19F7N2O2. The number of nitrogens with one attached hydrogen (secondary N) is 1. The molecule has 0 aliphatic rings. The highest BCUT2D eigenvalue weighted by molar-refractivity contribution is 6.05. The number of aryl methyl sites for hydroxylation is 2. The van der Waals surface area contributed by atoms with Crippen LogP contribution in [-0.2, 0) is 12.1 Å². The van der Waals surface area contributed by atoms with E-state index in [-0.39, 0.29) is 28.8 Å². The van der Waals surface area contributed by atoms with Gasteiger partial charge in [-0.1, -0.05) is 30.3 Å². The Balaban J connectivity index is 2.47. The minimum Gasteiger partial charge on any atom is -0.321 e. The van der Waals surface area contributed by atoms with Crippen molar-refractivity contribution < 1.29 is 35.5 Å². The summed E-state index contributed by atoms with van der Waals surface area (Å²) in [5.74, 6) is -0.688. The molecule has 0 aliphatic carbocycles. The van der Waals surface area contributed by atoms with Gasteiger partial charge in [-0.3, -0.25) is 4.79 Å². The summed E-state index contributed by atoms with van der Waals surface area (Å²) >= 11 is 0. The average Bonchev–Trinajstić information content (AvgIpc) is 2.72. The Kier molecular flexibility index (Phi) is 7.01. The SMILES string of the molecule is CCc1cc(C(F)(C(F)(F)F)C(F)(F)F)cc(C)c1NC(=O)c1ccc(C(C)N=O)cc1. The molecule has 1 unspecified atom stereocenters. The number of rotatable bonds is 6. The van der Waals surface area contributed by atoms with Gasteiger partial charge in [-0.05, 0) is 55.2 Å². The fourth-order valence-corrected chi connectivity index (χ4v) is 3.16. The molecule has 0 bridgehead atoms. The van der Waals surface area contributed by atoms with Crippen LogP contribution >= 0.6 is 0 Å². The third-order valence-electron chi connectivity index (χ3n) is 5.03.